The molecule has 2 aromatic heterocycles. The maximum atomic E-state index is 13.5. The monoisotopic (exact) mass is 399 g/mol. The summed E-state index contributed by atoms with van der Waals surface area (Å²) in [5, 5.41) is 0.907. The molecule has 4 heteroatoms. The lowest BCUT2D eigenvalue weighted by Gasteiger charge is -2.34. The molecule has 0 atom stereocenters. The van der Waals surface area contributed by atoms with Gasteiger partial charge in [0.25, 0.3) is 0 Å². The fourth-order valence-corrected chi connectivity index (χ4v) is 4.53. The first-order chi connectivity index (χ1) is 14.7. The van der Waals surface area contributed by atoms with Crippen molar-refractivity contribution in [3.63, 3.8) is 0 Å². The molecule has 1 saturated heterocycles. The highest BCUT2D eigenvalue weighted by atomic mass is 19.1. The van der Waals surface area contributed by atoms with Gasteiger partial charge in [0.05, 0.1) is 0 Å². The summed E-state index contributed by atoms with van der Waals surface area (Å²) in [4.78, 5) is 10.1. The number of aromatic amines is 1. The average Bonchev–Trinajstić information content (AvgIpc) is 3.22. The fourth-order valence-electron chi connectivity index (χ4n) is 4.53. The average molecular weight is 400 g/mol. The largest absolute Gasteiger partial charge is 0.371 e. The Morgan fingerprint density at radius 3 is 2.73 bits per heavy atom. The van der Waals surface area contributed by atoms with Crippen LogP contribution in [0.3, 0.4) is 0 Å². The van der Waals surface area contributed by atoms with Crippen LogP contribution in [0.15, 0.2) is 73.1 Å². The first-order valence-corrected chi connectivity index (χ1v) is 10.8. The zero-order valence-corrected chi connectivity index (χ0v) is 17.0. The van der Waals surface area contributed by atoms with Crippen LogP contribution < -0.4 is 4.90 Å². The summed E-state index contributed by atoms with van der Waals surface area (Å²) in [6.07, 6.45) is 8.65. The maximum Gasteiger partial charge on any atom is 0.123 e. The molecule has 0 bridgehead atoms. The van der Waals surface area contributed by atoms with Gasteiger partial charge in [-0.3, -0.25) is 4.98 Å². The van der Waals surface area contributed by atoms with Crippen molar-refractivity contribution in [1.29, 1.82) is 0 Å². The van der Waals surface area contributed by atoms with Crippen LogP contribution >= 0.6 is 0 Å². The van der Waals surface area contributed by atoms with E-state index in [-0.39, 0.29) is 5.82 Å². The van der Waals surface area contributed by atoms with Crippen molar-refractivity contribution in [3.8, 4) is 11.3 Å². The number of hydrogen-bond donors (Lipinski definition) is 1. The van der Waals surface area contributed by atoms with Crippen molar-refractivity contribution >= 4 is 16.6 Å². The third-order valence-electron chi connectivity index (χ3n) is 6.28. The number of aryl methyl sites for hydroxylation is 1. The van der Waals surface area contributed by atoms with Gasteiger partial charge in [-0.15, -0.1) is 0 Å². The molecule has 0 amide bonds. The zero-order valence-electron chi connectivity index (χ0n) is 17.0. The minimum absolute atomic E-state index is 0.201. The number of aromatic nitrogens is 2. The van der Waals surface area contributed by atoms with Gasteiger partial charge in [-0.2, -0.15) is 0 Å². The minimum atomic E-state index is -0.201. The van der Waals surface area contributed by atoms with E-state index in [4.69, 9.17) is 0 Å². The molecular weight excluding hydrogens is 373 g/mol. The number of H-pyrrole nitrogens is 1. The van der Waals surface area contributed by atoms with Gasteiger partial charge >= 0.3 is 0 Å². The van der Waals surface area contributed by atoms with Gasteiger partial charge in [-0.25, -0.2) is 4.39 Å². The highest BCUT2D eigenvalue weighted by Gasteiger charge is 2.19. The molecule has 4 aromatic rings. The Kier molecular flexibility index (Phi) is 5.22. The molecule has 1 fully saturated rings. The first kappa shape index (κ1) is 18.9. The number of rotatable bonds is 5. The fraction of sp³-hybridized carbons (Fsp3) is 0.269. The number of nitrogens with one attached hydrogen (secondary N) is 1. The lowest BCUT2D eigenvalue weighted by Crippen LogP contribution is -2.33. The van der Waals surface area contributed by atoms with Gasteiger partial charge in [0.15, 0.2) is 0 Å². The Morgan fingerprint density at radius 2 is 1.90 bits per heavy atom. The summed E-state index contributed by atoms with van der Waals surface area (Å²) in [6.45, 7) is 2.19. The van der Waals surface area contributed by atoms with E-state index in [2.05, 4.69) is 45.2 Å². The van der Waals surface area contributed by atoms with Crippen LogP contribution in [0.5, 0.6) is 0 Å². The molecule has 0 unspecified atom stereocenters. The molecule has 1 aliphatic heterocycles. The quantitative estimate of drug-likeness (QED) is 0.432. The topological polar surface area (TPSA) is 31.9 Å². The Bertz CT molecular complexity index is 1130. The molecule has 0 saturated carbocycles. The Morgan fingerprint density at radius 1 is 1.00 bits per heavy atom. The third-order valence-corrected chi connectivity index (χ3v) is 6.28. The highest BCUT2D eigenvalue weighted by molar-refractivity contribution is 5.86. The van der Waals surface area contributed by atoms with E-state index < -0.39 is 0 Å². The molecule has 2 aromatic carbocycles. The number of hydrogen-bond acceptors (Lipinski definition) is 2. The van der Waals surface area contributed by atoms with Crippen LogP contribution in [0.25, 0.3) is 22.2 Å². The van der Waals surface area contributed by atoms with Gasteiger partial charge in [-0.1, -0.05) is 18.2 Å². The van der Waals surface area contributed by atoms with Crippen molar-refractivity contribution in [2.24, 2.45) is 5.92 Å². The Hall–Kier alpha value is -3.14. The third kappa shape index (κ3) is 4.09. The standard InChI is InChI=1S/C26H26FN3/c27-23-8-9-25-22(15-23)17-26(29-25)21-4-1-5-24(16-21)30-13-10-19(11-14-30)6-7-20-3-2-12-28-18-20/h1-5,8-9,12,15-19,29H,6-7,10-11,13-14H2. The normalized spacial score (nSPS) is 15.0. The number of fused-ring (bicyclic) bond motifs is 1. The second-order valence-corrected chi connectivity index (χ2v) is 8.30. The van der Waals surface area contributed by atoms with Crippen molar-refractivity contribution in [2.75, 3.05) is 18.0 Å². The van der Waals surface area contributed by atoms with Crippen LogP contribution in [0.4, 0.5) is 10.1 Å². The predicted molar refractivity (Wildman–Crippen MR) is 121 cm³/mol. The Balaban J connectivity index is 1.24. The molecule has 1 aliphatic rings. The SMILES string of the molecule is Fc1ccc2[nH]c(-c3cccc(N4CCC(CCc5cccnc5)CC4)c3)cc2c1. The predicted octanol–water partition coefficient (Wildman–Crippen LogP) is 6.22. The van der Waals surface area contributed by atoms with Crippen LogP contribution in [0, 0.1) is 11.7 Å². The van der Waals surface area contributed by atoms with Gasteiger partial charge < -0.3 is 9.88 Å². The van der Waals surface area contributed by atoms with E-state index in [1.54, 1.807) is 12.1 Å². The van der Waals surface area contributed by atoms with Gasteiger partial charge in [0, 0.05) is 47.8 Å². The molecule has 3 nitrogen and oxygen atoms in total. The smallest absolute Gasteiger partial charge is 0.123 e. The second-order valence-electron chi connectivity index (χ2n) is 8.30. The number of piperidine rings is 1. The molecule has 1 N–H and O–H groups in total. The summed E-state index contributed by atoms with van der Waals surface area (Å²) in [5.74, 6) is 0.585. The molecule has 0 spiro atoms. The highest BCUT2D eigenvalue weighted by Crippen LogP contribution is 2.30. The maximum absolute atomic E-state index is 13.5. The van der Waals surface area contributed by atoms with E-state index >= 15 is 0 Å². The number of halogens is 1. The molecule has 30 heavy (non-hydrogen) atoms. The zero-order chi connectivity index (χ0) is 20.3. The first-order valence-electron chi connectivity index (χ1n) is 10.8. The minimum Gasteiger partial charge on any atom is -0.371 e. The van der Waals surface area contributed by atoms with Crippen molar-refractivity contribution in [2.45, 2.75) is 25.7 Å². The van der Waals surface area contributed by atoms with E-state index in [1.807, 2.05) is 24.5 Å². The lowest BCUT2D eigenvalue weighted by molar-refractivity contribution is 0.382. The number of nitrogens with zero attached hydrogens (tertiary/aromatic N) is 2. The summed E-state index contributed by atoms with van der Waals surface area (Å²) < 4.78 is 13.5. The van der Waals surface area contributed by atoms with Gasteiger partial charge in [0.1, 0.15) is 5.82 Å². The lowest BCUT2D eigenvalue weighted by atomic mass is 9.90. The summed E-state index contributed by atoms with van der Waals surface area (Å²) in [7, 11) is 0. The summed E-state index contributed by atoms with van der Waals surface area (Å²) >= 11 is 0. The van der Waals surface area contributed by atoms with Gasteiger partial charge in [0.2, 0.25) is 0 Å². The summed E-state index contributed by atoms with van der Waals surface area (Å²) in [5.41, 5.74) is 5.74. The molecule has 152 valence electrons. The Labute approximate surface area is 176 Å². The van der Waals surface area contributed by atoms with E-state index in [1.165, 1.54) is 36.6 Å². The van der Waals surface area contributed by atoms with Crippen LogP contribution in [-0.2, 0) is 6.42 Å². The molecular formula is C26H26FN3. The number of anilines is 1. The number of benzene rings is 2. The van der Waals surface area contributed by atoms with E-state index in [0.717, 1.165) is 47.6 Å². The summed E-state index contributed by atoms with van der Waals surface area (Å²) in [6, 6.07) is 19.8. The number of pyridine rings is 1. The van der Waals surface area contributed by atoms with Gasteiger partial charge in [-0.05, 0) is 85.2 Å². The van der Waals surface area contributed by atoms with Crippen LogP contribution in [-0.4, -0.2) is 23.1 Å². The molecule has 3 heterocycles. The van der Waals surface area contributed by atoms with Crippen molar-refractivity contribution < 1.29 is 4.39 Å². The molecule has 0 aliphatic carbocycles. The van der Waals surface area contributed by atoms with E-state index in [9.17, 15) is 4.39 Å². The van der Waals surface area contributed by atoms with Crippen molar-refractivity contribution in [3.05, 3.63) is 84.4 Å². The second kappa shape index (κ2) is 8.31. The molecule has 5 rings (SSSR count). The van der Waals surface area contributed by atoms with Crippen LogP contribution in [0.1, 0.15) is 24.8 Å². The van der Waals surface area contributed by atoms with Crippen LogP contribution in [0.2, 0.25) is 0 Å². The van der Waals surface area contributed by atoms with E-state index in [0.29, 0.717) is 0 Å². The van der Waals surface area contributed by atoms with Crippen molar-refractivity contribution in [1.82, 2.24) is 9.97 Å². The molecule has 0 radical (unpaired) electrons.